The zero-order valence-electron chi connectivity index (χ0n) is 17.9. The van der Waals surface area contributed by atoms with Gasteiger partial charge in [0.05, 0.1) is 13.1 Å². The molecule has 166 valence electrons. The minimum Gasteiger partial charge on any atom is -0.354 e. The van der Waals surface area contributed by atoms with Crippen LogP contribution < -0.4 is 10.2 Å². The molecule has 7 heteroatoms. The SMILES string of the molecule is Cc1ccc(N(CC(=O)NCCc2c(F)cccc2F)CC(=O)N2CCCCC2)cc1. The standard InChI is InChI=1S/C24H29F2N3O2/c1-18-8-10-19(11-9-18)29(17-24(31)28-14-3-2-4-15-28)16-23(30)27-13-12-20-21(25)6-5-7-22(20)26/h5-11H,2-4,12-17H2,1H3,(H,27,30). The van der Waals surface area contributed by atoms with Crippen molar-refractivity contribution < 1.29 is 18.4 Å². The van der Waals surface area contributed by atoms with Crippen LogP contribution in [0.5, 0.6) is 0 Å². The highest BCUT2D eigenvalue weighted by molar-refractivity contribution is 5.86. The van der Waals surface area contributed by atoms with Crippen molar-refractivity contribution in [2.24, 2.45) is 0 Å². The molecule has 0 bridgehead atoms. The molecule has 1 aliphatic rings. The monoisotopic (exact) mass is 429 g/mol. The van der Waals surface area contributed by atoms with Gasteiger partial charge in [0, 0.05) is 30.9 Å². The zero-order chi connectivity index (χ0) is 22.2. The molecule has 0 aliphatic carbocycles. The van der Waals surface area contributed by atoms with Gasteiger partial charge in [-0.05, 0) is 56.9 Å². The summed E-state index contributed by atoms with van der Waals surface area (Å²) >= 11 is 0. The predicted molar refractivity (Wildman–Crippen MR) is 117 cm³/mol. The molecule has 5 nitrogen and oxygen atoms in total. The van der Waals surface area contributed by atoms with Crippen molar-refractivity contribution in [1.82, 2.24) is 10.2 Å². The van der Waals surface area contributed by atoms with E-state index in [0.29, 0.717) is 0 Å². The van der Waals surface area contributed by atoms with E-state index in [9.17, 15) is 18.4 Å². The van der Waals surface area contributed by atoms with E-state index in [-0.39, 0.29) is 43.4 Å². The number of nitrogens with one attached hydrogen (secondary N) is 1. The van der Waals surface area contributed by atoms with Crippen LogP contribution >= 0.6 is 0 Å². The lowest BCUT2D eigenvalue weighted by atomic mass is 10.1. The Bertz CT molecular complexity index is 876. The molecule has 0 aromatic heterocycles. The first-order chi connectivity index (χ1) is 14.9. The van der Waals surface area contributed by atoms with Crippen molar-refractivity contribution in [3.63, 3.8) is 0 Å². The molecule has 2 aromatic rings. The highest BCUT2D eigenvalue weighted by Crippen LogP contribution is 2.17. The number of carbonyl (C=O) groups excluding carboxylic acids is 2. The fraction of sp³-hybridized carbons (Fsp3) is 0.417. The molecule has 1 aliphatic heterocycles. The number of anilines is 1. The summed E-state index contributed by atoms with van der Waals surface area (Å²) in [4.78, 5) is 28.9. The third kappa shape index (κ3) is 6.51. The lowest BCUT2D eigenvalue weighted by Gasteiger charge is -2.30. The first-order valence-corrected chi connectivity index (χ1v) is 10.7. The zero-order valence-corrected chi connectivity index (χ0v) is 17.9. The van der Waals surface area contributed by atoms with Gasteiger partial charge in [-0.1, -0.05) is 23.8 Å². The summed E-state index contributed by atoms with van der Waals surface area (Å²) in [7, 11) is 0. The Kier molecular flexibility index (Phi) is 7.98. The van der Waals surface area contributed by atoms with Crippen molar-refractivity contribution in [3.05, 3.63) is 65.2 Å². The second-order valence-corrected chi connectivity index (χ2v) is 7.93. The van der Waals surface area contributed by atoms with E-state index in [4.69, 9.17) is 0 Å². The number of nitrogens with zero attached hydrogens (tertiary/aromatic N) is 2. The van der Waals surface area contributed by atoms with Gasteiger partial charge in [0.15, 0.2) is 0 Å². The van der Waals surface area contributed by atoms with Crippen molar-refractivity contribution >= 4 is 17.5 Å². The van der Waals surface area contributed by atoms with Crippen molar-refractivity contribution in [1.29, 1.82) is 0 Å². The number of likely N-dealkylation sites (tertiary alicyclic amines) is 1. The summed E-state index contributed by atoms with van der Waals surface area (Å²) in [6.07, 6.45) is 3.20. The number of rotatable bonds is 8. The van der Waals surface area contributed by atoms with Crippen LogP contribution in [0.3, 0.4) is 0 Å². The Morgan fingerprint density at radius 3 is 2.26 bits per heavy atom. The molecule has 31 heavy (non-hydrogen) atoms. The molecule has 0 saturated carbocycles. The molecular formula is C24H29F2N3O2. The molecule has 3 rings (SSSR count). The molecule has 1 saturated heterocycles. The van der Waals surface area contributed by atoms with Gasteiger partial charge in [0.2, 0.25) is 11.8 Å². The van der Waals surface area contributed by atoms with E-state index in [1.54, 1.807) is 4.90 Å². The topological polar surface area (TPSA) is 52.7 Å². The lowest BCUT2D eigenvalue weighted by molar-refractivity contribution is -0.130. The van der Waals surface area contributed by atoms with Gasteiger partial charge in [0.1, 0.15) is 11.6 Å². The van der Waals surface area contributed by atoms with Crippen LogP contribution in [0.4, 0.5) is 14.5 Å². The minimum absolute atomic E-state index is 0.00139. The molecule has 1 N–H and O–H groups in total. The smallest absolute Gasteiger partial charge is 0.242 e. The number of halogens is 2. The number of hydrogen-bond acceptors (Lipinski definition) is 3. The molecule has 2 amide bonds. The Labute approximate surface area is 182 Å². The molecule has 0 radical (unpaired) electrons. The van der Waals surface area contributed by atoms with Crippen molar-refractivity contribution in [2.45, 2.75) is 32.6 Å². The van der Waals surface area contributed by atoms with Crippen LogP contribution in [0.15, 0.2) is 42.5 Å². The van der Waals surface area contributed by atoms with E-state index in [0.717, 1.165) is 43.6 Å². The Morgan fingerprint density at radius 2 is 1.61 bits per heavy atom. The van der Waals surface area contributed by atoms with Gasteiger partial charge in [-0.2, -0.15) is 0 Å². The molecular weight excluding hydrogens is 400 g/mol. The number of benzene rings is 2. The van der Waals surface area contributed by atoms with E-state index in [1.165, 1.54) is 18.2 Å². The van der Waals surface area contributed by atoms with Gasteiger partial charge in [-0.15, -0.1) is 0 Å². The average Bonchev–Trinajstić information content (AvgIpc) is 2.76. The maximum Gasteiger partial charge on any atom is 0.242 e. The molecule has 1 fully saturated rings. The molecule has 2 aromatic carbocycles. The van der Waals surface area contributed by atoms with Crippen LogP contribution in [-0.4, -0.2) is 49.4 Å². The van der Waals surface area contributed by atoms with E-state index < -0.39 is 11.6 Å². The summed E-state index contributed by atoms with van der Waals surface area (Å²) in [6, 6.07) is 11.4. The normalized spacial score (nSPS) is 13.7. The van der Waals surface area contributed by atoms with Gasteiger partial charge >= 0.3 is 0 Å². The summed E-state index contributed by atoms with van der Waals surface area (Å²) in [5.74, 6) is -1.55. The quantitative estimate of drug-likeness (QED) is 0.699. The van der Waals surface area contributed by atoms with Gasteiger partial charge < -0.3 is 15.1 Å². The Morgan fingerprint density at radius 1 is 0.968 bits per heavy atom. The molecule has 0 unspecified atom stereocenters. The average molecular weight is 430 g/mol. The van der Waals surface area contributed by atoms with E-state index in [2.05, 4.69) is 5.32 Å². The van der Waals surface area contributed by atoms with E-state index in [1.807, 2.05) is 36.1 Å². The van der Waals surface area contributed by atoms with Crippen LogP contribution in [0.25, 0.3) is 0 Å². The Hall–Kier alpha value is -2.96. The second kappa shape index (κ2) is 10.9. The number of piperidine rings is 1. The molecule has 0 atom stereocenters. The number of amides is 2. The summed E-state index contributed by atoms with van der Waals surface area (Å²) in [5.41, 5.74) is 1.83. The first kappa shape index (κ1) is 22.7. The van der Waals surface area contributed by atoms with Gasteiger partial charge in [-0.3, -0.25) is 9.59 Å². The van der Waals surface area contributed by atoms with E-state index >= 15 is 0 Å². The summed E-state index contributed by atoms with van der Waals surface area (Å²) in [6.45, 7) is 3.68. The maximum absolute atomic E-state index is 13.8. The molecule has 0 spiro atoms. The van der Waals surface area contributed by atoms with Crippen molar-refractivity contribution in [2.75, 3.05) is 37.6 Å². The van der Waals surface area contributed by atoms with Crippen molar-refractivity contribution in [3.8, 4) is 0 Å². The summed E-state index contributed by atoms with van der Waals surface area (Å²) in [5, 5.41) is 2.71. The van der Waals surface area contributed by atoms with Crippen LogP contribution in [0, 0.1) is 18.6 Å². The minimum atomic E-state index is -0.623. The number of aryl methyl sites for hydroxylation is 1. The van der Waals surface area contributed by atoms with Gasteiger partial charge in [0.25, 0.3) is 0 Å². The summed E-state index contributed by atoms with van der Waals surface area (Å²) < 4.78 is 27.5. The van der Waals surface area contributed by atoms with Gasteiger partial charge in [-0.25, -0.2) is 8.78 Å². The fourth-order valence-corrected chi connectivity index (χ4v) is 3.73. The van der Waals surface area contributed by atoms with Crippen LogP contribution in [0.2, 0.25) is 0 Å². The maximum atomic E-state index is 13.8. The highest BCUT2D eigenvalue weighted by atomic mass is 19.1. The number of hydrogen-bond donors (Lipinski definition) is 1. The van der Waals surface area contributed by atoms with Crippen LogP contribution in [0.1, 0.15) is 30.4 Å². The Balaban J connectivity index is 1.61. The first-order valence-electron chi connectivity index (χ1n) is 10.7. The lowest BCUT2D eigenvalue weighted by Crippen LogP contribution is -2.46. The molecule has 1 heterocycles. The van der Waals surface area contributed by atoms with Crippen LogP contribution in [-0.2, 0) is 16.0 Å². The second-order valence-electron chi connectivity index (χ2n) is 7.93. The highest BCUT2D eigenvalue weighted by Gasteiger charge is 2.21. The third-order valence-electron chi connectivity index (χ3n) is 5.53. The third-order valence-corrected chi connectivity index (χ3v) is 5.53. The predicted octanol–water partition coefficient (Wildman–Crippen LogP) is 3.45. The largest absolute Gasteiger partial charge is 0.354 e. The fourth-order valence-electron chi connectivity index (χ4n) is 3.73. The number of carbonyl (C=O) groups is 2.